The molecule has 0 aliphatic carbocycles. The van der Waals surface area contributed by atoms with Gasteiger partial charge in [-0.15, -0.1) is 0 Å². The van der Waals surface area contributed by atoms with Gasteiger partial charge in [0.2, 0.25) is 0 Å². The lowest BCUT2D eigenvalue weighted by Gasteiger charge is -2.37. The fraction of sp³-hybridized carbons (Fsp3) is 1.00. The molecule has 0 aromatic carbocycles. The summed E-state index contributed by atoms with van der Waals surface area (Å²) in [7, 11) is 0. The van der Waals surface area contributed by atoms with E-state index in [0.717, 1.165) is 6.42 Å². The van der Waals surface area contributed by atoms with Gasteiger partial charge in [0.25, 0.3) is 5.97 Å². The van der Waals surface area contributed by atoms with Crippen molar-refractivity contribution in [1.29, 1.82) is 0 Å². The summed E-state index contributed by atoms with van der Waals surface area (Å²) >= 11 is 0. The molecule has 0 aliphatic rings. The molecule has 0 bridgehead atoms. The average molecular weight is 401 g/mol. The minimum absolute atomic E-state index is 0.254. The minimum Gasteiger partial charge on any atom is -0.328 e. The largest absolute Gasteiger partial charge is 0.328 e. The highest BCUT2D eigenvalue weighted by molar-refractivity contribution is 4.68. The van der Waals surface area contributed by atoms with E-state index < -0.39 is 5.97 Å². The van der Waals surface area contributed by atoms with Gasteiger partial charge in [-0.1, -0.05) is 104 Å². The molecule has 1 atom stereocenters. The molecule has 0 saturated carbocycles. The average Bonchev–Trinajstić information content (AvgIpc) is 2.68. The van der Waals surface area contributed by atoms with Gasteiger partial charge in [-0.05, 0) is 27.2 Å². The van der Waals surface area contributed by atoms with E-state index in [4.69, 9.17) is 14.2 Å². The van der Waals surface area contributed by atoms with Gasteiger partial charge in [-0.2, -0.15) is 0 Å². The molecule has 0 aromatic rings. The molecule has 0 radical (unpaired) electrons. The lowest BCUT2D eigenvalue weighted by Crippen LogP contribution is -2.45. The first-order chi connectivity index (χ1) is 13.7. The lowest BCUT2D eigenvalue weighted by molar-refractivity contribution is -0.400. The molecule has 28 heavy (non-hydrogen) atoms. The van der Waals surface area contributed by atoms with Gasteiger partial charge < -0.3 is 14.2 Å². The summed E-state index contributed by atoms with van der Waals surface area (Å²) in [5.74, 6) is -0.598. The van der Waals surface area contributed by atoms with E-state index in [1.807, 2.05) is 20.8 Å². The number of ether oxygens (including phenoxy) is 3. The molecule has 170 valence electrons. The van der Waals surface area contributed by atoms with Gasteiger partial charge in [0.05, 0.1) is 0 Å². The van der Waals surface area contributed by atoms with Crippen LogP contribution in [0.3, 0.4) is 0 Å². The second-order valence-electron chi connectivity index (χ2n) is 8.19. The minimum atomic E-state index is -0.852. The van der Waals surface area contributed by atoms with Crippen molar-refractivity contribution in [2.45, 2.75) is 137 Å². The highest BCUT2D eigenvalue weighted by atomic mass is 16.9. The monoisotopic (exact) mass is 400 g/mol. The standard InChI is InChI=1S/C25H52O3/c1-6-10-11-12-13-14-15-16-17-18-19-20-21-22-23-24(5)25(26-7-2,27-8-3)28-9-4/h24H,6-23H2,1-5H3. The highest BCUT2D eigenvalue weighted by Gasteiger charge is 2.38. The van der Waals surface area contributed by atoms with Crippen molar-refractivity contribution in [3.8, 4) is 0 Å². The maximum Gasteiger partial charge on any atom is 0.285 e. The summed E-state index contributed by atoms with van der Waals surface area (Å²) in [5.41, 5.74) is 0. The molecule has 0 heterocycles. The number of hydrogen-bond acceptors (Lipinski definition) is 3. The highest BCUT2D eigenvalue weighted by Crippen LogP contribution is 2.30. The van der Waals surface area contributed by atoms with Crippen LogP contribution < -0.4 is 0 Å². The summed E-state index contributed by atoms with van der Waals surface area (Å²) in [6.45, 7) is 12.3. The Balaban J connectivity index is 3.67. The van der Waals surface area contributed by atoms with Crippen molar-refractivity contribution >= 4 is 0 Å². The summed E-state index contributed by atoms with van der Waals surface area (Å²) in [6.07, 6.45) is 20.6. The molecule has 0 amide bonds. The Morgan fingerprint density at radius 2 is 0.821 bits per heavy atom. The molecule has 0 aromatic heterocycles. The smallest absolute Gasteiger partial charge is 0.285 e. The third-order valence-electron chi connectivity index (χ3n) is 5.63. The first-order valence-corrected chi connectivity index (χ1v) is 12.6. The Bertz CT molecular complexity index is 289. The lowest BCUT2D eigenvalue weighted by atomic mass is 9.99. The fourth-order valence-corrected chi connectivity index (χ4v) is 3.98. The van der Waals surface area contributed by atoms with E-state index in [2.05, 4.69) is 13.8 Å². The van der Waals surface area contributed by atoms with Crippen LogP contribution in [-0.2, 0) is 14.2 Å². The maximum absolute atomic E-state index is 5.90. The van der Waals surface area contributed by atoms with E-state index in [1.54, 1.807) is 0 Å². The second-order valence-corrected chi connectivity index (χ2v) is 8.19. The Hall–Kier alpha value is -0.120. The predicted molar refractivity (Wildman–Crippen MR) is 122 cm³/mol. The second kappa shape index (κ2) is 20.2. The van der Waals surface area contributed by atoms with Crippen LogP contribution in [-0.4, -0.2) is 25.8 Å². The van der Waals surface area contributed by atoms with Crippen molar-refractivity contribution in [2.75, 3.05) is 19.8 Å². The predicted octanol–water partition coefficient (Wildman–Crippen LogP) is 8.26. The van der Waals surface area contributed by atoms with Crippen LogP contribution in [0.15, 0.2) is 0 Å². The Kier molecular flexibility index (Phi) is 20.1. The zero-order chi connectivity index (χ0) is 20.9. The molecule has 1 unspecified atom stereocenters. The van der Waals surface area contributed by atoms with E-state index in [9.17, 15) is 0 Å². The van der Waals surface area contributed by atoms with Gasteiger partial charge in [0.15, 0.2) is 0 Å². The molecule has 3 heteroatoms. The third kappa shape index (κ3) is 14.0. The van der Waals surface area contributed by atoms with E-state index >= 15 is 0 Å². The summed E-state index contributed by atoms with van der Waals surface area (Å²) in [5, 5.41) is 0. The zero-order valence-electron chi connectivity index (χ0n) is 20.0. The van der Waals surface area contributed by atoms with Gasteiger partial charge in [0.1, 0.15) is 0 Å². The maximum atomic E-state index is 5.90. The molecule has 0 aliphatic heterocycles. The summed E-state index contributed by atoms with van der Waals surface area (Å²) < 4.78 is 17.7. The van der Waals surface area contributed by atoms with Gasteiger partial charge >= 0.3 is 0 Å². The number of unbranched alkanes of at least 4 members (excludes halogenated alkanes) is 13. The molecule has 0 saturated heterocycles. The summed E-state index contributed by atoms with van der Waals surface area (Å²) in [4.78, 5) is 0. The molecular weight excluding hydrogens is 348 g/mol. The van der Waals surface area contributed by atoms with Crippen LogP contribution in [0.25, 0.3) is 0 Å². The SMILES string of the molecule is CCCCCCCCCCCCCCCCC(C)C(OCC)(OCC)OCC. The van der Waals surface area contributed by atoms with Crippen molar-refractivity contribution in [3.63, 3.8) is 0 Å². The van der Waals surface area contributed by atoms with Crippen LogP contribution in [0.2, 0.25) is 0 Å². The Labute approximate surface area is 177 Å². The number of rotatable bonds is 22. The molecular formula is C25H52O3. The van der Waals surface area contributed by atoms with Crippen molar-refractivity contribution in [3.05, 3.63) is 0 Å². The van der Waals surface area contributed by atoms with E-state index in [1.165, 1.54) is 89.9 Å². The summed E-state index contributed by atoms with van der Waals surface area (Å²) in [6, 6.07) is 0. The van der Waals surface area contributed by atoms with Crippen molar-refractivity contribution in [1.82, 2.24) is 0 Å². The Morgan fingerprint density at radius 1 is 0.500 bits per heavy atom. The molecule has 3 nitrogen and oxygen atoms in total. The first-order valence-electron chi connectivity index (χ1n) is 12.6. The topological polar surface area (TPSA) is 27.7 Å². The normalized spacial score (nSPS) is 13.2. The van der Waals surface area contributed by atoms with Crippen LogP contribution in [0.1, 0.15) is 131 Å². The molecule has 0 N–H and O–H groups in total. The molecule has 0 rings (SSSR count). The number of hydrogen-bond donors (Lipinski definition) is 0. The van der Waals surface area contributed by atoms with Crippen molar-refractivity contribution in [2.24, 2.45) is 5.92 Å². The molecule has 0 fully saturated rings. The van der Waals surface area contributed by atoms with Gasteiger partial charge in [0, 0.05) is 25.7 Å². The quantitative estimate of drug-likeness (QED) is 0.135. The van der Waals surface area contributed by atoms with Crippen LogP contribution in [0, 0.1) is 5.92 Å². The van der Waals surface area contributed by atoms with Crippen LogP contribution in [0.4, 0.5) is 0 Å². The van der Waals surface area contributed by atoms with Gasteiger partial charge in [-0.3, -0.25) is 0 Å². The third-order valence-corrected chi connectivity index (χ3v) is 5.63. The Morgan fingerprint density at radius 3 is 1.14 bits per heavy atom. The van der Waals surface area contributed by atoms with Crippen LogP contribution in [0.5, 0.6) is 0 Å². The van der Waals surface area contributed by atoms with E-state index in [0.29, 0.717) is 19.8 Å². The van der Waals surface area contributed by atoms with Gasteiger partial charge in [-0.25, -0.2) is 0 Å². The molecule has 0 spiro atoms. The van der Waals surface area contributed by atoms with Crippen molar-refractivity contribution < 1.29 is 14.2 Å². The van der Waals surface area contributed by atoms with E-state index in [-0.39, 0.29) is 5.92 Å². The van der Waals surface area contributed by atoms with Crippen LogP contribution >= 0.6 is 0 Å². The fourth-order valence-electron chi connectivity index (χ4n) is 3.98. The zero-order valence-corrected chi connectivity index (χ0v) is 20.0. The first kappa shape index (κ1) is 27.9.